The highest BCUT2D eigenvalue weighted by Crippen LogP contribution is 2.16. The van der Waals surface area contributed by atoms with Gasteiger partial charge < -0.3 is 4.90 Å². The second-order valence-corrected chi connectivity index (χ2v) is 6.70. The van der Waals surface area contributed by atoms with Gasteiger partial charge in [0.2, 0.25) is 0 Å². The lowest BCUT2D eigenvalue weighted by Gasteiger charge is -2.11. The van der Waals surface area contributed by atoms with E-state index in [4.69, 9.17) is 0 Å². The first-order valence-electron chi connectivity index (χ1n) is 6.65. The highest BCUT2D eigenvalue weighted by atomic mass is 32.2. The molecule has 0 spiro atoms. The molecule has 2 rings (SSSR count). The van der Waals surface area contributed by atoms with E-state index in [1.807, 2.05) is 43.3 Å². The van der Waals surface area contributed by atoms with Gasteiger partial charge in [-0.25, -0.2) is 0 Å². The summed E-state index contributed by atoms with van der Waals surface area (Å²) in [4.78, 5) is 4.31. The Hall–Kier alpha value is -2.35. The van der Waals surface area contributed by atoms with Gasteiger partial charge in [0, 0.05) is 19.8 Å². The normalized spacial score (nSPS) is 11.8. The maximum absolute atomic E-state index is 12.2. The molecule has 0 aliphatic heterocycles. The number of aromatic amines is 1. The molecule has 0 radical (unpaired) electrons. The second-order valence-electron chi connectivity index (χ2n) is 5.10. The topological polar surface area (TPSA) is 90.4 Å². The number of benzene rings is 1. The Balaban J connectivity index is 2.12. The fourth-order valence-corrected chi connectivity index (χ4v) is 3.18. The molecule has 2 aromatic rings. The standard InChI is InChI=1S/C14H19N5O2S/c1-10-14(11(2)17-16-10)22(20,21)18-15-9-12-5-7-13(8-6-12)19(3)4/h5-9,18H,1-4H3,(H,16,17)/b15-9+. The third-order valence-corrected chi connectivity index (χ3v) is 4.61. The zero-order valence-electron chi connectivity index (χ0n) is 13.0. The molecule has 0 bridgehead atoms. The number of anilines is 1. The van der Waals surface area contributed by atoms with E-state index < -0.39 is 10.0 Å². The minimum atomic E-state index is -3.72. The van der Waals surface area contributed by atoms with Gasteiger partial charge in [0.05, 0.1) is 17.6 Å². The molecule has 118 valence electrons. The number of aromatic nitrogens is 2. The Labute approximate surface area is 130 Å². The SMILES string of the molecule is Cc1n[nH]c(C)c1S(=O)(=O)N/N=C/c1ccc(N(C)C)cc1. The van der Waals surface area contributed by atoms with Crippen LogP contribution < -0.4 is 9.73 Å². The van der Waals surface area contributed by atoms with Gasteiger partial charge in [-0.2, -0.15) is 23.4 Å². The molecular formula is C14H19N5O2S. The second kappa shape index (κ2) is 6.18. The number of rotatable bonds is 5. The zero-order valence-corrected chi connectivity index (χ0v) is 13.8. The van der Waals surface area contributed by atoms with Crippen LogP contribution in [0.3, 0.4) is 0 Å². The fraction of sp³-hybridized carbons (Fsp3) is 0.286. The maximum atomic E-state index is 12.2. The van der Waals surface area contributed by atoms with Gasteiger partial charge in [-0.1, -0.05) is 12.1 Å². The number of sulfonamides is 1. The Morgan fingerprint density at radius 1 is 1.23 bits per heavy atom. The van der Waals surface area contributed by atoms with Crippen LogP contribution in [0.1, 0.15) is 17.0 Å². The number of hydrogen-bond acceptors (Lipinski definition) is 5. The van der Waals surface area contributed by atoms with E-state index in [1.165, 1.54) is 6.21 Å². The smallest absolute Gasteiger partial charge is 0.280 e. The molecule has 1 aromatic carbocycles. The summed E-state index contributed by atoms with van der Waals surface area (Å²) >= 11 is 0. The number of H-pyrrole nitrogens is 1. The van der Waals surface area contributed by atoms with Gasteiger partial charge in [-0.15, -0.1) is 0 Å². The van der Waals surface area contributed by atoms with Crippen molar-refractivity contribution in [3.8, 4) is 0 Å². The van der Waals surface area contributed by atoms with Crippen LogP contribution in [-0.2, 0) is 10.0 Å². The first-order valence-corrected chi connectivity index (χ1v) is 8.13. The van der Waals surface area contributed by atoms with Crippen LogP contribution in [0.15, 0.2) is 34.3 Å². The van der Waals surface area contributed by atoms with Gasteiger partial charge >= 0.3 is 0 Å². The maximum Gasteiger partial charge on any atom is 0.280 e. The first-order chi connectivity index (χ1) is 10.3. The molecule has 7 nitrogen and oxygen atoms in total. The lowest BCUT2D eigenvalue weighted by atomic mass is 10.2. The Morgan fingerprint density at radius 3 is 2.36 bits per heavy atom. The van der Waals surface area contributed by atoms with Crippen molar-refractivity contribution in [2.45, 2.75) is 18.7 Å². The number of nitrogens with zero attached hydrogens (tertiary/aromatic N) is 3. The monoisotopic (exact) mass is 321 g/mol. The van der Waals surface area contributed by atoms with Crippen molar-refractivity contribution >= 4 is 21.9 Å². The highest BCUT2D eigenvalue weighted by molar-refractivity contribution is 7.89. The predicted molar refractivity (Wildman–Crippen MR) is 86.7 cm³/mol. The van der Waals surface area contributed by atoms with Crippen LogP contribution in [0, 0.1) is 13.8 Å². The molecule has 0 aliphatic carbocycles. The summed E-state index contributed by atoms with van der Waals surface area (Å²) in [6.45, 7) is 3.28. The quantitative estimate of drug-likeness (QED) is 0.643. The summed E-state index contributed by atoms with van der Waals surface area (Å²) in [5.41, 5.74) is 2.75. The van der Waals surface area contributed by atoms with Crippen molar-refractivity contribution < 1.29 is 8.42 Å². The van der Waals surface area contributed by atoms with Crippen LogP contribution >= 0.6 is 0 Å². The molecule has 22 heavy (non-hydrogen) atoms. The molecule has 0 aliphatic rings. The van der Waals surface area contributed by atoms with E-state index >= 15 is 0 Å². The van der Waals surface area contributed by atoms with Gasteiger partial charge in [0.15, 0.2) is 0 Å². The average Bonchev–Trinajstić information content (AvgIpc) is 2.79. The van der Waals surface area contributed by atoms with Crippen LogP contribution in [0.4, 0.5) is 5.69 Å². The zero-order chi connectivity index (χ0) is 16.3. The van der Waals surface area contributed by atoms with Crippen LogP contribution in [0.25, 0.3) is 0 Å². The van der Waals surface area contributed by atoms with Crippen LogP contribution in [-0.4, -0.2) is 38.9 Å². The summed E-state index contributed by atoms with van der Waals surface area (Å²) < 4.78 is 24.4. The molecule has 0 unspecified atom stereocenters. The molecular weight excluding hydrogens is 302 g/mol. The van der Waals surface area contributed by atoms with Crippen molar-refractivity contribution in [1.29, 1.82) is 0 Å². The summed E-state index contributed by atoms with van der Waals surface area (Å²) in [5, 5.41) is 10.3. The van der Waals surface area contributed by atoms with Crippen molar-refractivity contribution in [3.63, 3.8) is 0 Å². The van der Waals surface area contributed by atoms with Crippen molar-refractivity contribution in [2.24, 2.45) is 5.10 Å². The van der Waals surface area contributed by atoms with Crippen LogP contribution in [0.2, 0.25) is 0 Å². The van der Waals surface area contributed by atoms with E-state index in [1.54, 1.807) is 13.8 Å². The molecule has 0 saturated carbocycles. The lowest BCUT2D eigenvalue weighted by molar-refractivity contribution is 0.583. The largest absolute Gasteiger partial charge is 0.378 e. The Morgan fingerprint density at radius 2 is 1.86 bits per heavy atom. The van der Waals surface area contributed by atoms with Crippen LogP contribution in [0.5, 0.6) is 0 Å². The van der Waals surface area contributed by atoms with Gasteiger partial charge in [-0.3, -0.25) is 5.10 Å². The van der Waals surface area contributed by atoms with Gasteiger partial charge in [0.25, 0.3) is 10.0 Å². The van der Waals surface area contributed by atoms with Gasteiger partial charge in [-0.05, 0) is 31.5 Å². The van der Waals surface area contributed by atoms with E-state index in [0.717, 1.165) is 11.3 Å². The van der Waals surface area contributed by atoms with Gasteiger partial charge in [0.1, 0.15) is 4.90 Å². The summed E-state index contributed by atoms with van der Waals surface area (Å²) in [6.07, 6.45) is 1.46. The fourth-order valence-electron chi connectivity index (χ4n) is 2.01. The summed E-state index contributed by atoms with van der Waals surface area (Å²) in [5.74, 6) is 0. The average molecular weight is 321 g/mol. The number of aryl methyl sites for hydroxylation is 2. The van der Waals surface area contributed by atoms with E-state index in [2.05, 4.69) is 20.1 Å². The minimum Gasteiger partial charge on any atom is -0.378 e. The third-order valence-electron chi connectivity index (χ3n) is 3.13. The number of hydrogen-bond donors (Lipinski definition) is 2. The number of nitrogens with one attached hydrogen (secondary N) is 2. The third kappa shape index (κ3) is 3.45. The molecule has 1 aromatic heterocycles. The Kier molecular flexibility index (Phi) is 4.51. The van der Waals surface area contributed by atoms with E-state index in [-0.39, 0.29) is 4.90 Å². The number of hydrazone groups is 1. The summed E-state index contributed by atoms with van der Waals surface area (Å²) in [6, 6.07) is 7.59. The predicted octanol–water partition coefficient (Wildman–Crippen LogP) is 1.40. The Bertz CT molecular complexity index is 757. The molecule has 1 heterocycles. The molecule has 0 atom stereocenters. The molecule has 8 heteroatoms. The summed E-state index contributed by atoms with van der Waals surface area (Å²) in [7, 11) is 0.182. The molecule has 2 N–H and O–H groups in total. The lowest BCUT2D eigenvalue weighted by Crippen LogP contribution is -2.19. The van der Waals surface area contributed by atoms with Crippen molar-refractivity contribution in [3.05, 3.63) is 41.2 Å². The van der Waals surface area contributed by atoms with E-state index in [0.29, 0.717) is 11.4 Å². The highest BCUT2D eigenvalue weighted by Gasteiger charge is 2.21. The van der Waals surface area contributed by atoms with Crippen molar-refractivity contribution in [1.82, 2.24) is 15.0 Å². The minimum absolute atomic E-state index is 0.132. The molecule has 0 amide bonds. The van der Waals surface area contributed by atoms with Crippen molar-refractivity contribution in [2.75, 3.05) is 19.0 Å². The first kappa shape index (κ1) is 16.0. The molecule has 0 fully saturated rings. The van der Waals surface area contributed by atoms with E-state index in [9.17, 15) is 8.42 Å². The molecule has 0 saturated heterocycles.